The Morgan fingerprint density at radius 1 is 1.30 bits per heavy atom. The maximum Gasteiger partial charge on any atom is 0.244 e. The van der Waals surface area contributed by atoms with E-state index in [2.05, 4.69) is 9.88 Å². The molecule has 0 aromatic carbocycles. The number of β-amino-alcohol motifs (C(OH)–C–C–N with tert-alkyl or cyclic N) is 1. The molecule has 0 aliphatic carbocycles. The Hall–Kier alpha value is -1.02. The van der Waals surface area contributed by atoms with Gasteiger partial charge in [0.05, 0.1) is 5.60 Å². The number of piperazine rings is 1. The van der Waals surface area contributed by atoms with Crippen LogP contribution in [-0.2, 0) is 10.0 Å². The summed E-state index contributed by atoms with van der Waals surface area (Å²) in [6.45, 7) is 6.19. The number of rotatable bonds is 4. The van der Waals surface area contributed by atoms with Crippen molar-refractivity contribution in [2.75, 3.05) is 32.7 Å². The Balaban J connectivity index is 2.01. The fraction of sp³-hybridized carbons (Fsp3) is 0.615. The third-order valence-corrected chi connectivity index (χ3v) is 5.10. The lowest BCUT2D eigenvalue weighted by Gasteiger charge is -2.36. The molecule has 1 saturated heterocycles. The molecule has 0 saturated carbocycles. The zero-order chi connectivity index (χ0) is 14.8. The van der Waals surface area contributed by atoms with Crippen LogP contribution in [0.1, 0.15) is 13.8 Å². The zero-order valence-electron chi connectivity index (χ0n) is 11.9. The molecule has 1 aromatic rings. The summed E-state index contributed by atoms with van der Waals surface area (Å²) in [6, 6.07) is 3.18. The van der Waals surface area contributed by atoms with E-state index in [-0.39, 0.29) is 4.90 Å². The van der Waals surface area contributed by atoms with Crippen molar-refractivity contribution < 1.29 is 13.5 Å². The van der Waals surface area contributed by atoms with E-state index in [1.165, 1.54) is 10.5 Å². The first-order valence-corrected chi connectivity index (χ1v) is 8.08. The number of pyridine rings is 1. The number of hydrogen-bond donors (Lipinski definition) is 1. The lowest BCUT2D eigenvalue weighted by molar-refractivity contribution is 0.0263. The van der Waals surface area contributed by atoms with Crippen LogP contribution in [0.25, 0.3) is 0 Å². The van der Waals surface area contributed by atoms with Gasteiger partial charge in [0.2, 0.25) is 10.0 Å². The van der Waals surface area contributed by atoms with Crippen molar-refractivity contribution in [1.82, 2.24) is 14.2 Å². The molecule has 1 N–H and O–H groups in total. The van der Waals surface area contributed by atoms with Crippen molar-refractivity contribution in [3.63, 3.8) is 0 Å². The molecule has 0 atom stereocenters. The third-order valence-electron chi connectivity index (χ3n) is 3.21. The molecule has 1 aromatic heterocycles. The van der Waals surface area contributed by atoms with Crippen LogP contribution in [0.15, 0.2) is 29.4 Å². The fourth-order valence-electron chi connectivity index (χ4n) is 2.32. The second-order valence-electron chi connectivity index (χ2n) is 5.68. The lowest BCUT2D eigenvalue weighted by Crippen LogP contribution is -2.51. The van der Waals surface area contributed by atoms with Gasteiger partial charge in [-0.05, 0) is 26.0 Å². The first-order chi connectivity index (χ1) is 9.29. The van der Waals surface area contributed by atoms with E-state index < -0.39 is 15.6 Å². The standard InChI is InChI=1S/C13H21N3O3S/c1-13(2,17)11-15-6-8-16(9-7-15)20(18,19)12-4-3-5-14-10-12/h3-5,10,17H,6-9,11H2,1-2H3. The van der Waals surface area contributed by atoms with Gasteiger partial charge in [-0.3, -0.25) is 9.88 Å². The monoisotopic (exact) mass is 299 g/mol. The van der Waals surface area contributed by atoms with E-state index in [0.29, 0.717) is 32.7 Å². The van der Waals surface area contributed by atoms with Crippen LogP contribution < -0.4 is 0 Å². The van der Waals surface area contributed by atoms with E-state index in [0.717, 1.165) is 0 Å². The summed E-state index contributed by atoms with van der Waals surface area (Å²) >= 11 is 0. The average Bonchev–Trinajstić information content (AvgIpc) is 2.38. The third kappa shape index (κ3) is 3.76. The molecular weight excluding hydrogens is 278 g/mol. The number of aliphatic hydroxyl groups is 1. The molecule has 1 fully saturated rings. The molecule has 0 amide bonds. The first-order valence-electron chi connectivity index (χ1n) is 6.64. The van der Waals surface area contributed by atoms with Gasteiger partial charge in [-0.15, -0.1) is 0 Å². The molecule has 0 spiro atoms. The highest BCUT2D eigenvalue weighted by molar-refractivity contribution is 7.89. The van der Waals surface area contributed by atoms with E-state index in [4.69, 9.17) is 0 Å². The molecule has 7 heteroatoms. The Kier molecular flexibility index (Phi) is 4.43. The highest BCUT2D eigenvalue weighted by Gasteiger charge is 2.30. The summed E-state index contributed by atoms with van der Waals surface area (Å²) < 4.78 is 26.3. The van der Waals surface area contributed by atoms with Gasteiger partial charge in [0, 0.05) is 45.1 Å². The fourth-order valence-corrected chi connectivity index (χ4v) is 3.71. The van der Waals surface area contributed by atoms with Crippen LogP contribution in [-0.4, -0.2) is 66.0 Å². The molecular formula is C13H21N3O3S. The van der Waals surface area contributed by atoms with Gasteiger partial charge in [-0.2, -0.15) is 4.31 Å². The summed E-state index contributed by atoms with van der Waals surface area (Å²) in [7, 11) is -3.45. The second kappa shape index (κ2) is 5.77. The molecule has 0 radical (unpaired) electrons. The molecule has 2 heterocycles. The Morgan fingerprint density at radius 3 is 2.45 bits per heavy atom. The van der Waals surface area contributed by atoms with E-state index >= 15 is 0 Å². The molecule has 6 nitrogen and oxygen atoms in total. The van der Waals surface area contributed by atoms with Crippen LogP contribution in [0.4, 0.5) is 0 Å². The quantitative estimate of drug-likeness (QED) is 0.857. The molecule has 0 bridgehead atoms. The number of aromatic nitrogens is 1. The van der Waals surface area contributed by atoms with Crippen molar-refractivity contribution in [2.45, 2.75) is 24.3 Å². The Labute approximate surface area is 120 Å². The van der Waals surface area contributed by atoms with Crippen molar-refractivity contribution in [1.29, 1.82) is 0 Å². The van der Waals surface area contributed by atoms with Crippen molar-refractivity contribution in [3.05, 3.63) is 24.5 Å². The normalized spacial score (nSPS) is 19.1. The van der Waals surface area contributed by atoms with Crippen LogP contribution in [0.3, 0.4) is 0 Å². The SMILES string of the molecule is CC(C)(O)CN1CCN(S(=O)(=O)c2cccnc2)CC1. The molecule has 0 unspecified atom stereocenters. The largest absolute Gasteiger partial charge is 0.389 e. The molecule has 1 aliphatic heterocycles. The van der Waals surface area contributed by atoms with E-state index in [1.807, 2.05) is 0 Å². The van der Waals surface area contributed by atoms with E-state index in [9.17, 15) is 13.5 Å². The smallest absolute Gasteiger partial charge is 0.244 e. The van der Waals surface area contributed by atoms with Gasteiger partial charge in [0.1, 0.15) is 4.90 Å². The Morgan fingerprint density at radius 2 is 1.95 bits per heavy atom. The number of hydrogen-bond acceptors (Lipinski definition) is 5. The summed E-state index contributed by atoms with van der Waals surface area (Å²) in [4.78, 5) is 6.17. The lowest BCUT2D eigenvalue weighted by atomic mass is 10.1. The molecule has 2 rings (SSSR count). The van der Waals surface area contributed by atoms with Crippen molar-refractivity contribution >= 4 is 10.0 Å². The minimum atomic E-state index is -3.45. The predicted molar refractivity (Wildman–Crippen MR) is 75.7 cm³/mol. The van der Waals surface area contributed by atoms with Gasteiger partial charge in [-0.1, -0.05) is 0 Å². The molecule has 112 valence electrons. The predicted octanol–water partition coefficient (Wildman–Crippen LogP) is 0.159. The summed E-state index contributed by atoms with van der Waals surface area (Å²) in [5.41, 5.74) is -0.760. The maximum absolute atomic E-state index is 12.4. The van der Waals surface area contributed by atoms with Gasteiger partial charge < -0.3 is 5.11 Å². The zero-order valence-corrected chi connectivity index (χ0v) is 12.7. The summed E-state index contributed by atoms with van der Waals surface area (Å²) in [6.07, 6.45) is 2.93. The second-order valence-corrected chi connectivity index (χ2v) is 7.62. The van der Waals surface area contributed by atoms with Crippen molar-refractivity contribution in [2.24, 2.45) is 0 Å². The Bertz CT molecular complexity index is 532. The molecule has 1 aliphatic rings. The number of nitrogens with zero attached hydrogens (tertiary/aromatic N) is 3. The van der Waals surface area contributed by atoms with E-state index in [1.54, 1.807) is 32.2 Å². The van der Waals surface area contributed by atoms with Gasteiger partial charge in [-0.25, -0.2) is 8.42 Å². The van der Waals surface area contributed by atoms with Crippen LogP contribution in [0, 0.1) is 0 Å². The number of sulfonamides is 1. The highest BCUT2D eigenvalue weighted by Crippen LogP contribution is 2.17. The van der Waals surface area contributed by atoms with Crippen LogP contribution in [0.2, 0.25) is 0 Å². The summed E-state index contributed by atoms with van der Waals surface area (Å²) in [5.74, 6) is 0. The average molecular weight is 299 g/mol. The topological polar surface area (TPSA) is 73.7 Å². The van der Waals surface area contributed by atoms with Crippen molar-refractivity contribution in [3.8, 4) is 0 Å². The van der Waals surface area contributed by atoms with Crippen LogP contribution in [0.5, 0.6) is 0 Å². The highest BCUT2D eigenvalue weighted by atomic mass is 32.2. The van der Waals surface area contributed by atoms with Gasteiger partial charge in [0.25, 0.3) is 0 Å². The summed E-state index contributed by atoms with van der Waals surface area (Å²) in [5, 5.41) is 9.79. The van der Waals surface area contributed by atoms with Gasteiger partial charge >= 0.3 is 0 Å². The van der Waals surface area contributed by atoms with Gasteiger partial charge in [0.15, 0.2) is 0 Å². The minimum Gasteiger partial charge on any atom is -0.389 e. The van der Waals surface area contributed by atoms with Crippen LogP contribution >= 0.6 is 0 Å². The maximum atomic E-state index is 12.4. The minimum absolute atomic E-state index is 0.232. The first kappa shape index (κ1) is 15.4. The molecule has 20 heavy (non-hydrogen) atoms.